The first-order valence-corrected chi connectivity index (χ1v) is 12.3. The molecule has 0 bridgehead atoms. The Hall–Kier alpha value is -4.86. The van der Waals surface area contributed by atoms with Crippen molar-refractivity contribution in [3.05, 3.63) is 145 Å². The summed E-state index contributed by atoms with van der Waals surface area (Å²) in [6.45, 7) is 0. The summed E-state index contributed by atoms with van der Waals surface area (Å²) in [5.74, 6) is 6.54. The Balaban J connectivity index is 1.37. The molecule has 166 valence electrons. The lowest BCUT2D eigenvalue weighted by Crippen LogP contribution is -1.85. The van der Waals surface area contributed by atoms with Gasteiger partial charge in [0.05, 0.1) is 0 Å². The van der Waals surface area contributed by atoms with Gasteiger partial charge in [-0.05, 0) is 103 Å². The van der Waals surface area contributed by atoms with Crippen LogP contribution in [0.2, 0.25) is 0 Å². The fourth-order valence-electron chi connectivity index (χ4n) is 5.17. The Kier molecular flexibility index (Phi) is 4.80. The third-order valence-corrected chi connectivity index (χ3v) is 7.02. The highest BCUT2D eigenvalue weighted by Gasteiger charge is 2.09. The summed E-state index contributed by atoms with van der Waals surface area (Å²) in [5, 5.41) is 10.2. The van der Waals surface area contributed by atoms with E-state index in [9.17, 15) is 0 Å². The van der Waals surface area contributed by atoms with Crippen LogP contribution in [0.15, 0.2) is 133 Å². The fraction of sp³-hybridized carbons (Fsp3) is 0. The van der Waals surface area contributed by atoms with Crippen LogP contribution in [0, 0.1) is 11.8 Å². The van der Waals surface area contributed by atoms with Gasteiger partial charge in [0.1, 0.15) is 0 Å². The van der Waals surface area contributed by atoms with Crippen molar-refractivity contribution in [1.29, 1.82) is 0 Å². The molecule has 0 saturated heterocycles. The highest BCUT2D eigenvalue weighted by atomic mass is 14.1. The van der Waals surface area contributed by atoms with Crippen LogP contribution >= 0.6 is 0 Å². The lowest BCUT2D eigenvalue weighted by Gasteiger charge is -2.11. The van der Waals surface area contributed by atoms with Gasteiger partial charge in [-0.15, -0.1) is 0 Å². The van der Waals surface area contributed by atoms with Gasteiger partial charge >= 0.3 is 0 Å². The zero-order chi connectivity index (χ0) is 23.9. The van der Waals surface area contributed by atoms with E-state index in [1.165, 1.54) is 54.2 Å². The molecule has 0 heterocycles. The quantitative estimate of drug-likeness (QED) is 0.132. The van der Waals surface area contributed by atoms with E-state index in [0.717, 1.165) is 11.1 Å². The number of benzene rings is 7. The van der Waals surface area contributed by atoms with E-state index in [4.69, 9.17) is 0 Å². The molecule has 0 radical (unpaired) electrons. The Bertz CT molecular complexity index is 1970. The van der Waals surface area contributed by atoms with Crippen molar-refractivity contribution in [3.8, 4) is 23.0 Å². The van der Waals surface area contributed by atoms with E-state index < -0.39 is 0 Å². The van der Waals surface area contributed by atoms with E-state index in [-0.39, 0.29) is 0 Å². The molecule has 7 aromatic rings. The topological polar surface area (TPSA) is 0 Å². The van der Waals surface area contributed by atoms with Gasteiger partial charge in [0.25, 0.3) is 0 Å². The van der Waals surface area contributed by atoms with Gasteiger partial charge in [0, 0.05) is 11.1 Å². The molecule has 0 fully saturated rings. The first kappa shape index (κ1) is 20.5. The smallest absolute Gasteiger partial charge is 0.0249 e. The zero-order valence-corrected chi connectivity index (χ0v) is 19.7. The van der Waals surface area contributed by atoms with E-state index in [2.05, 4.69) is 115 Å². The third kappa shape index (κ3) is 3.59. The van der Waals surface area contributed by atoms with Crippen molar-refractivity contribution < 1.29 is 0 Å². The molecule has 0 saturated carbocycles. The van der Waals surface area contributed by atoms with Crippen molar-refractivity contribution in [2.24, 2.45) is 0 Å². The molecule has 7 aromatic carbocycles. The van der Waals surface area contributed by atoms with Crippen molar-refractivity contribution in [3.63, 3.8) is 0 Å². The molecule has 36 heavy (non-hydrogen) atoms. The lowest BCUT2D eigenvalue weighted by molar-refractivity contribution is 1.61. The molecule has 0 N–H and O–H groups in total. The average Bonchev–Trinajstić information content (AvgIpc) is 2.94. The largest absolute Gasteiger partial charge is 0.0622 e. The number of rotatable bonds is 1. The van der Waals surface area contributed by atoms with Crippen LogP contribution in [-0.4, -0.2) is 0 Å². The Labute approximate surface area is 210 Å². The van der Waals surface area contributed by atoms with Crippen LogP contribution in [0.25, 0.3) is 54.2 Å². The van der Waals surface area contributed by atoms with Crippen molar-refractivity contribution >= 4 is 43.1 Å². The van der Waals surface area contributed by atoms with Gasteiger partial charge in [-0.1, -0.05) is 96.8 Å². The van der Waals surface area contributed by atoms with Gasteiger partial charge in [-0.3, -0.25) is 0 Å². The monoisotopic (exact) mass is 454 g/mol. The molecule has 0 atom stereocenters. The Morgan fingerprint density at radius 1 is 0.333 bits per heavy atom. The molecular weight excluding hydrogens is 432 g/mol. The second-order valence-corrected chi connectivity index (χ2v) is 9.28. The number of hydrogen-bond acceptors (Lipinski definition) is 0. The normalized spacial score (nSPS) is 11.1. The summed E-state index contributed by atoms with van der Waals surface area (Å²) < 4.78 is 0. The number of hydrogen-bond donors (Lipinski definition) is 0. The van der Waals surface area contributed by atoms with Crippen LogP contribution in [0.4, 0.5) is 0 Å². The minimum atomic E-state index is 1.02. The van der Waals surface area contributed by atoms with Crippen LogP contribution < -0.4 is 0 Å². The maximum atomic E-state index is 3.29. The summed E-state index contributed by atoms with van der Waals surface area (Å²) in [6, 6.07) is 47.7. The molecule has 0 nitrogen and oxygen atoms in total. The summed E-state index contributed by atoms with van der Waals surface area (Å²) in [5.41, 5.74) is 4.50. The average molecular weight is 455 g/mol. The van der Waals surface area contributed by atoms with Gasteiger partial charge in [0.15, 0.2) is 0 Å². The highest BCUT2D eigenvalue weighted by molar-refractivity contribution is 6.16. The lowest BCUT2D eigenvalue weighted by atomic mass is 9.92. The summed E-state index contributed by atoms with van der Waals surface area (Å²) >= 11 is 0. The second-order valence-electron chi connectivity index (χ2n) is 9.28. The zero-order valence-electron chi connectivity index (χ0n) is 19.7. The van der Waals surface area contributed by atoms with Crippen molar-refractivity contribution in [1.82, 2.24) is 0 Å². The van der Waals surface area contributed by atoms with E-state index in [0.29, 0.717) is 0 Å². The predicted octanol–water partition coefficient (Wildman–Crippen LogP) is 9.37. The molecule has 0 unspecified atom stereocenters. The maximum absolute atomic E-state index is 3.29. The first-order chi connectivity index (χ1) is 17.8. The van der Waals surface area contributed by atoms with Gasteiger partial charge < -0.3 is 0 Å². The van der Waals surface area contributed by atoms with Crippen molar-refractivity contribution in [2.45, 2.75) is 0 Å². The first-order valence-electron chi connectivity index (χ1n) is 12.3. The van der Waals surface area contributed by atoms with Crippen molar-refractivity contribution in [2.75, 3.05) is 0 Å². The minimum absolute atomic E-state index is 1.02. The Morgan fingerprint density at radius 3 is 1.64 bits per heavy atom. The van der Waals surface area contributed by atoms with E-state index >= 15 is 0 Å². The molecule has 0 spiro atoms. The van der Waals surface area contributed by atoms with Gasteiger partial charge in [-0.25, -0.2) is 0 Å². The number of fused-ring (bicyclic) bond motifs is 5. The van der Waals surface area contributed by atoms with E-state index in [1.807, 2.05) is 30.3 Å². The maximum Gasteiger partial charge on any atom is 0.0249 e. The van der Waals surface area contributed by atoms with E-state index in [1.54, 1.807) is 0 Å². The Morgan fingerprint density at radius 2 is 0.889 bits per heavy atom. The van der Waals surface area contributed by atoms with Crippen LogP contribution in [-0.2, 0) is 0 Å². The van der Waals surface area contributed by atoms with Crippen LogP contribution in [0.1, 0.15) is 11.1 Å². The summed E-state index contributed by atoms with van der Waals surface area (Å²) in [4.78, 5) is 0. The standard InChI is InChI=1S/C36H22/c1-2-7-25(8-3-1)13-14-26-15-17-27(18-16-26)33-12-6-11-30-22-32-20-19-31-21-28-9-4-5-10-29(28)23-34(31)36(32)24-35(30)33/h1-12,15-24H. The molecule has 0 aliphatic rings. The minimum Gasteiger partial charge on any atom is -0.0622 e. The molecule has 0 aliphatic heterocycles. The summed E-state index contributed by atoms with van der Waals surface area (Å²) in [7, 11) is 0. The fourth-order valence-corrected chi connectivity index (χ4v) is 5.17. The molecule has 0 heteroatoms. The summed E-state index contributed by atoms with van der Waals surface area (Å²) in [6.07, 6.45) is 0. The molecule has 0 aliphatic carbocycles. The van der Waals surface area contributed by atoms with Crippen LogP contribution in [0.3, 0.4) is 0 Å². The molecule has 0 amide bonds. The molecule has 7 rings (SSSR count). The highest BCUT2D eigenvalue weighted by Crippen LogP contribution is 2.36. The van der Waals surface area contributed by atoms with Gasteiger partial charge in [-0.2, -0.15) is 0 Å². The second kappa shape index (κ2) is 8.42. The molecular formula is C36H22. The van der Waals surface area contributed by atoms with Gasteiger partial charge in [0.2, 0.25) is 0 Å². The predicted molar refractivity (Wildman–Crippen MR) is 154 cm³/mol. The van der Waals surface area contributed by atoms with Crippen LogP contribution in [0.5, 0.6) is 0 Å². The molecule has 0 aromatic heterocycles. The third-order valence-electron chi connectivity index (χ3n) is 7.02. The SMILES string of the molecule is C(#Cc1ccc(-c2cccc3cc4ccc5cc6ccccc6cc5c4cc23)cc1)c1ccccc1.